The Morgan fingerprint density at radius 2 is 1.88 bits per heavy atom. The third-order valence-corrected chi connectivity index (χ3v) is 2.58. The van der Waals surface area contributed by atoms with Crippen LogP contribution >= 0.6 is 11.6 Å². The van der Waals surface area contributed by atoms with E-state index in [0.29, 0.717) is 11.5 Å². The van der Waals surface area contributed by atoms with E-state index in [1.807, 2.05) is 31.2 Å². The number of aryl methyl sites for hydroxylation is 1. The van der Waals surface area contributed by atoms with E-state index in [9.17, 15) is 4.79 Å². The quantitative estimate of drug-likeness (QED) is 0.599. The Balaban J connectivity index is 2.31. The van der Waals surface area contributed by atoms with Crippen LogP contribution in [0.3, 0.4) is 0 Å². The Hall–Kier alpha value is -1.54. The van der Waals surface area contributed by atoms with Crippen molar-refractivity contribution < 1.29 is 9.21 Å². The third kappa shape index (κ3) is 2.17. The molecule has 0 spiro atoms. The molecule has 0 atom stereocenters. The summed E-state index contributed by atoms with van der Waals surface area (Å²) in [6, 6.07) is 11.4. The zero-order chi connectivity index (χ0) is 11.5. The van der Waals surface area contributed by atoms with Gasteiger partial charge in [-0.25, -0.2) is 0 Å². The topological polar surface area (TPSA) is 30.2 Å². The molecule has 0 unspecified atom stereocenters. The van der Waals surface area contributed by atoms with Crippen LogP contribution in [0.1, 0.15) is 16.1 Å². The fourth-order valence-corrected chi connectivity index (χ4v) is 1.56. The van der Waals surface area contributed by atoms with Crippen molar-refractivity contribution in [1.82, 2.24) is 0 Å². The van der Waals surface area contributed by atoms with Crippen molar-refractivity contribution in [2.24, 2.45) is 0 Å². The van der Waals surface area contributed by atoms with Crippen LogP contribution in [0.2, 0.25) is 0 Å². The van der Waals surface area contributed by atoms with E-state index in [0.717, 1.165) is 5.56 Å². The molecule has 1 heterocycles. The second-order valence-corrected chi connectivity index (χ2v) is 3.85. The lowest BCUT2D eigenvalue weighted by atomic mass is 10.1. The Morgan fingerprint density at radius 3 is 2.50 bits per heavy atom. The fraction of sp³-hybridized carbons (Fsp3) is 0.154. The van der Waals surface area contributed by atoms with Gasteiger partial charge in [0.2, 0.25) is 5.78 Å². The second-order valence-electron chi connectivity index (χ2n) is 3.59. The van der Waals surface area contributed by atoms with Gasteiger partial charge >= 0.3 is 0 Å². The van der Waals surface area contributed by atoms with Gasteiger partial charge < -0.3 is 4.42 Å². The molecule has 0 saturated carbocycles. The Bertz CT molecular complexity index is 497. The molecule has 0 aliphatic rings. The molecule has 16 heavy (non-hydrogen) atoms. The minimum Gasteiger partial charge on any atom is -0.453 e. The first-order valence-corrected chi connectivity index (χ1v) is 5.50. The summed E-state index contributed by atoms with van der Waals surface area (Å²) in [7, 11) is 0. The Kier molecular flexibility index (Phi) is 3.11. The maximum atomic E-state index is 11.3. The molecule has 0 radical (unpaired) electrons. The molecule has 0 aliphatic heterocycles. The van der Waals surface area contributed by atoms with Gasteiger partial charge in [0.05, 0.1) is 5.88 Å². The van der Waals surface area contributed by atoms with Crippen LogP contribution in [0.15, 0.2) is 40.8 Å². The summed E-state index contributed by atoms with van der Waals surface area (Å²) in [6.45, 7) is 2.02. The van der Waals surface area contributed by atoms with Crippen molar-refractivity contribution in [2.45, 2.75) is 6.92 Å². The van der Waals surface area contributed by atoms with Crippen LogP contribution in [-0.4, -0.2) is 11.7 Å². The maximum Gasteiger partial charge on any atom is 0.212 e. The standard InChI is InChI=1S/C13H11ClO2/c1-9-2-4-10(5-3-9)12-6-7-13(16-12)11(15)8-14/h2-7H,8H2,1H3. The van der Waals surface area contributed by atoms with Gasteiger partial charge in [-0.05, 0) is 19.1 Å². The maximum absolute atomic E-state index is 11.3. The van der Waals surface area contributed by atoms with E-state index in [2.05, 4.69) is 0 Å². The molecule has 1 aromatic carbocycles. The van der Waals surface area contributed by atoms with E-state index >= 15 is 0 Å². The number of furan rings is 1. The van der Waals surface area contributed by atoms with Crippen LogP contribution in [0.5, 0.6) is 0 Å². The summed E-state index contributed by atoms with van der Waals surface area (Å²) in [4.78, 5) is 11.3. The van der Waals surface area contributed by atoms with E-state index < -0.39 is 0 Å². The first kappa shape index (κ1) is 11.0. The molecule has 0 N–H and O–H groups in total. The molecular weight excluding hydrogens is 224 g/mol. The fourth-order valence-electron chi connectivity index (χ4n) is 1.43. The number of hydrogen-bond acceptors (Lipinski definition) is 2. The van der Waals surface area contributed by atoms with Crippen LogP contribution in [-0.2, 0) is 0 Å². The minimum absolute atomic E-state index is 0.0547. The summed E-state index contributed by atoms with van der Waals surface area (Å²) < 4.78 is 5.43. The monoisotopic (exact) mass is 234 g/mol. The predicted molar refractivity (Wildman–Crippen MR) is 63.9 cm³/mol. The van der Waals surface area contributed by atoms with Crippen LogP contribution < -0.4 is 0 Å². The predicted octanol–water partition coefficient (Wildman–Crippen LogP) is 3.68. The molecule has 0 saturated heterocycles. The minimum atomic E-state index is -0.194. The first-order chi connectivity index (χ1) is 7.70. The summed E-state index contributed by atoms with van der Waals surface area (Å²) in [5.41, 5.74) is 2.14. The van der Waals surface area contributed by atoms with Crippen molar-refractivity contribution in [2.75, 3.05) is 5.88 Å². The number of ketones is 1. The SMILES string of the molecule is Cc1ccc(-c2ccc(C(=O)CCl)o2)cc1. The summed E-state index contributed by atoms with van der Waals surface area (Å²) in [5.74, 6) is 0.750. The first-order valence-electron chi connectivity index (χ1n) is 4.97. The van der Waals surface area contributed by atoms with Crippen molar-refractivity contribution >= 4 is 17.4 Å². The number of rotatable bonds is 3. The summed E-state index contributed by atoms with van der Waals surface area (Å²) in [5, 5.41) is 0. The number of benzene rings is 1. The zero-order valence-electron chi connectivity index (χ0n) is 8.87. The lowest BCUT2D eigenvalue weighted by Gasteiger charge is -1.97. The molecule has 0 aliphatic carbocycles. The normalized spacial score (nSPS) is 10.4. The average Bonchev–Trinajstić information content (AvgIpc) is 2.78. The van der Waals surface area contributed by atoms with Gasteiger partial charge in [-0.3, -0.25) is 4.79 Å². The highest BCUT2D eigenvalue weighted by Crippen LogP contribution is 2.22. The third-order valence-electron chi connectivity index (χ3n) is 2.34. The van der Waals surface area contributed by atoms with E-state index in [1.165, 1.54) is 5.56 Å². The number of carbonyl (C=O) groups is 1. The van der Waals surface area contributed by atoms with Gasteiger partial charge in [-0.1, -0.05) is 29.8 Å². The molecular formula is C13H11ClO2. The Labute approximate surface area is 98.8 Å². The van der Waals surface area contributed by atoms with E-state index in [-0.39, 0.29) is 11.7 Å². The molecule has 2 nitrogen and oxygen atoms in total. The lowest BCUT2D eigenvalue weighted by molar-refractivity contribution is 0.0991. The van der Waals surface area contributed by atoms with Crippen LogP contribution in [0, 0.1) is 6.92 Å². The van der Waals surface area contributed by atoms with Gasteiger partial charge in [0.1, 0.15) is 5.76 Å². The summed E-state index contributed by atoms with van der Waals surface area (Å²) in [6.07, 6.45) is 0. The van der Waals surface area contributed by atoms with Crippen LogP contribution in [0.4, 0.5) is 0 Å². The molecule has 0 bridgehead atoms. The van der Waals surface area contributed by atoms with Crippen molar-refractivity contribution in [3.8, 4) is 11.3 Å². The van der Waals surface area contributed by atoms with Crippen LogP contribution in [0.25, 0.3) is 11.3 Å². The lowest BCUT2D eigenvalue weighted by Crippen LogP contribution is -1.96. The molecule has 3 heteroatoms. The molecule has 2 aromatic rings. The van der Waals surface area contributed by atoms with Crippen molar-refractivity contribution in [1.29, 1.82) is 0 Å². The average molecular weight is 235 g/mol. The van der Waals surface area contributed by atoms with E-state index in [1.54, 1.807) is 12.1 Å². The summed E-state index contributed by atoms with van der Waals surface area (Å²) >= 11 is 5.45. The highest BCUT2D eigenvalue weighted by atomic mass is 35.5. The number of halogens is 1. The molecule has 0 amide bonds. The highest BCUT2D eigenvalue weighted by molar-refractivity contribution is 6.30. The number of carbonyl (C=O) groups excluding carboxylic acids is 1. The second kappa shape index (κ2) is 4.54. The number of alkyl halides is 1. The highest BCUT2D eigenvalue weighted by Gasteiger charge is 2.10. The van der Waals surface area contributed by atoms with E-state index in [4.69, 9.17) is 16.0 Å². The van der Waals surface area contributed by atoms with Gasteiger partial charge in [-0.15, -0.1) is 11.6 Å². The molecule has 1 aromatic heterocycles. The van der Waals surface area contributed by atoms with Crippen molar-refractivity contribution in [3.05, 3.63) is 47.7 Å². The smallest absolute Gasteiger partial charge is 0.212 e. The number of hydrogen-bond donors (Lipinski definition) is 0. The van der Waals surface area contributed by atoms with Gasteiger partial charge in [0.15, 0.2) is 5.76 Å². The molecule has 2 rings (SSSR count). The van der Waals surface area contributed by atoms with Gasteiger partial charge in [-0.2, -0.15) is 0 Å². The van der Waals surface area contributed by atoms with Gasteiger partial charge in [0, 0.05) is 5.56 Å². The molecule has 82 valence electrons. The van der Waals surface area contributed by atoms with Crippen molar-refractivity contribution in [3.63, 3.8) is 0 Å². The zero-order valence-corrected chi connectivity index (χ0v) is 9.62. The number of Topliss-reactive ketones (excluding diaryl/α,β-unsaturated/α-hetero) is 1. The Morgan fingerprint density at radius 1 is 1.19 bits per heavy atom. The molecule has 0 fully saturated rings. The van der Waals surface area contributed by atoms with Gasteiger partial charge in [0.25, 0.3) is 0 Å². The largest absolute Gasteiger partial charge is 0.453 e.